The van der Waals surface area contributed by atoms with Gasteiger partial charge in [0.05, 0.1) is 24.8 Å². The molecule has 0 aromatic heterocycles. The van der Waals surface area contributed by atoms with Crippen LogP contribution in [0.1, 0.15) is 25.0 Å². The van der Waals surface area contributed by atoms with E-state index in [1.165, 1.54) is 22.2 Å². The largest absolute Gasteiger partial charge is 0.459 e. The number of hydrogen-bond acceptors (Lipinski definition) is 4. The van der Waals surface area contributed by atoms with Crippen LogP contribution in [0.2, 0.25) is 0 Å². The molecule has 6 heteroatoms. The van der Waals surface area contributed by atoms with Crippen LogP contribution in [0.15, 0.2) is 59.6 Å². The van der Waals surface area contributed by atoms with E-state index in [0.29, 0.717) is 13.2 Å². The summed E-state index contributed by atoms with van der Waals surface area (Å²) in [6.07, 6.45) is 2.03. The summed E-state index contributed by atoms with van der Waals surface area (Å²) in [5, 5.41) is 3.16. The van der Waals surface area contributed by atoms with Gasteiger partial charge in [0, 0.05) is 32.9 Å². The lowest BCUT2D eigenvalue weighted by Gasteiger charge is -2.46. The molecule has 1 atom stereocenters. The highest BCUT2D eigenvalue weighted by molar-refractivity contribution is 14.1. The van der Waals surface area contributed by atoms with Crippen LogP contribution in [0, 0.1) is 0 Å². The van der Waals surface area contributed by atoms with Crippen LogP contribution in [-0.2, 0) is 14.6 Å². The number of aliphatic imine (C=N–C) groups is 1. The van der Waals surface area contributed by atoms with Crippen LogP contribution in [0.25, 0.3) is 10.8 Å². The smallest absolute Gasteiger partial charge is 0.229 e. The van der Waals surface area contributed by atoms with E-state index in [1.807, 2.05) is 6.21 Å². The maximum absolute atomic E-state index is 7.08. The Hall–Kier alpha value is -1.64. The molecule has 2 heterocycles. The van der Waals surface area contributed by atoms with Crippen molar-refractivity contribution in [1.29, 1.82) is 0 Å². The Morgan fingerprint density at radius 3 is 2.69 bits per heavy atom. The third-order valence-electron chi connectivity index (χ3n) is 6.67. The number of fused-ring (bicyclic) bond motifs is 4. The van der Waals surface area contributed by atoms with Gasteiger partial charge >= 0.3 is 0 Å². The molecule has 3 aromatic rings. The van der Waals surface area contributed by atoms with E-state index in [4.69, 9.17) is 14.5 Å². The van der Waals surface area contributed by atoms with E-state index in [9.17, 15) is 0 Å². The maximum Gasteiger partial charge on any atom is 0.229 e. The lowest BCUT2D eigenvalue weighted by atomic mass is 9.77. The number of alkyl halides is 2. The van der Waals surface area contributed by atoms with Crippen molar-refractivity contribution >= 4 is 66.9 Å². The fraction of sp³-hybridized carbons (Fsp3) is 0.346. The van der Waals surface area contributed by atoms with E-state index in [2.05, 4.69) is 112 Å². The Kier molecular flexibility index (Phi) is 5.97. The number of halogens is 2. The number of para-hydroxylation sites is 1. The Balaban J connectivity index is 1.65. The zero-order valence-electron chi connectivity index (χ0n) is 18.3. The predicted molar refractivity (Wildman–Crippen MR) is 145 cm³/mol. The molecule has 0 aliphatic carbocycles. The molecule has 2 aliphatic heterocycles. The Morgan fingerprint density at radius 2 is 1.88 bits per heavy atom. The molecule has 0 amide bonds. The van der Waals surface area contributed by atoms with Crippen molar-refractivity contribution in [1.82, 2.24) is 0 Å². The quantitative estimate of drug-likeness (QED) is 0.177. The Morgan fingerprint density at radius 1 is 1.09 bits per heavy atom. The lowest BCUT2D eigenvalue weighted by molar-refractivity contribution is 0.0676. The van der Waals surface area contributed by atoms with Crippen molar-refractivity contribution in [2.24, 2.45) is 4.99 Å². The van der Waals surface area contributed by atoms with E-state index in [-0.39, 0.29) is 5.41 Å². The fourth-order valence-electron chi connectivity index (χ4n) is 5.00. The number of rotatable bonds is 6. The molecule has 166 valence electrons. The molecule has 1 unspecified atom stereocenters. The summed E-state index contributed by atoms with van der Waals surface area (Å²) in [4.78, 5) is 7.44. The van der Waals surface area contributed by atoms with Gasteiger partial charge < -0.3 is 14.4 Å². The highest BCUT2D eigenvalue weighted by Gasteiger charge is 2.59. The van der Waals surface area contributed by atoms with E-state index in [1.54, 1.807) is 0 Å². The summed E-state index contributed by atoms with van der Waals surface area (Å²) in [6, 6.07) is 19.3. The Bertz CT molecular complexity index is 1200. The van der Waals surface area contributed by atoms with Gasteiger partial charge in [-0.25, -0.2) is 0 Å². The first-order valence-corrected chi connectivity index (χ1v) is 13.5. The van der Waals surface area contributed by atoms with Crippen LogP contribution in [-0.4, -0.2) is 37.0 Å². The number of nitrogens with zero attached hydrogens (tertiary/aromatic N) is 2. The lowest BCUT2D eigenvalue weighted by Crippen LogP contribution is -2.63. The number of ether oxygens (including phenoxy) is 2. The normalized spacial score (nSPS) is 20.4. The summed E-state index contributed by atoms with van der Waals surface area (Å²) < 4.78 is 13.8. The van der Waals surface area contributed by atoms with Gasteiger partial charge in [-0.3, -0.25) is 4.99 Å². The molecular weight excluding hydrogens is 579 g/mol. The van der Waals surface area contributed by atoms with Gasteiger partial charge in [0.15, 0.2) is 5.75 Å². The molecule has 4 nitrogen and oxygen atoms in total. The van der Waals surface area contributed by atoms with Crippen molar-refractivity contribution < 1.29 is 9.47 Å². The summed E-state index contributed by atoms with van der Waals surface area (Å²) in [5.41, 5.74) is 3.55. The van der Waals surface area contributed by atoms with Crippen molar-refractivity contribution in [3.63, 3.8) is 0 Å². The van der Waals surface area contributed by atoms with Gasteiger partial charge in [-0.05, 0) is 36.9 Å². The Labute approximate surface area is 211 Å². The third kappa shape index (κ3) is 3.29. The fourth-order valence-corrected chi connectivity index (χ4v) is 5.80. The molecule has 1 spiro atoms. The van der Waals surface area contributed by atoms with Crippen LogP contribution >= 0.6 is 38.5 Å². The molecule has 0 saturated heterocycles. The molecule has 0 bridgehead atoms. The highest BCUT2D eigenvalue weighted by atomic mass is 127. The van der Waals surface area contributed by atoms with Crippen LogP contribution < -0.4 is 9.64 Å². The maximum atomic E-state index is 7.08. The van der Waals surface area contributed by atoms with Crippen LogP contribution in [0.4, 0.5) is 11.4 Å². The van der Waals surface area contributed by atoms with Gasteiger partial charge in [-0.2, -0.15) is 0 Å². The minimum absolute atomic E-state index is 0.297. The summed E-state index contributed by atoms with van der Waals surface area (Å²) in [6.45, 7) is 6.55. The molecule has 0 N–H and O–H groups in total. The van der Waals surface area contributed by atoms with Gasteiger partial charge in [-0.15, -0.1) is 0 Å². The highest BCUT2D eigenvalue weighted by Crippen LogP contribution is 2.55. The van der Waals surface area contributed by atoms with Gasteiger partial charge in [-0.1, -0.05) is 81.0 Å². The minimum atomic E-state index is -0.718. The van der Waals surface area contributed by atoms with E-state index >= 15 is 0 Å². The molecule has 3 aromatic carbocycles. The third-order valence-corrected chi connectivity index (χ3v) is 7.81. The molecule has 2 aliphatic rings. The van der Waals surface area contributed by atoms with E-state index < -0.39 is 5.72 Å². The second-order valence-corrected chi connectivity index (χ2v) is 10.3. The first kappa shape index (κ1) is 22.2. The van der Waals surface area contributed by atoms with Crippen LogP contribution in [0.5, 0.6) is 5.75 Å². The first-order chi connectivity index (χ1) is 15.5. The van der Waals surface area contributed by atoms with Crippen molar-refractivity contribution in [3.8, 4) is 5.75 Å². The standard InChI is InChI=1S/C26H26BrIN2O2/c1-25(2)21-9-5-6-10-22(21)30(12-14-31-13-11-27)26(25)17-29-23-20-8-4-3-7-18(20)15-19(16-28)24(23)32-26/h3-10,15,17H,11-14,16H2,1-2H3. The van der Waals surface area contributed by atoms with Gasteiger partial charge in [0.25, 0.3) is 0 Å². The number of anilines is 1. The second kappa shape index (κ2) is 8.61. The second-order valence-electron chi connectivity index (χ2n) is 8.72. The monoisotopic (exact) mass is 604 g/mol. The zero-order valence-corrected chi connectivity index (χ0v) is 22.0. The summed E-state index contributed by atoms with van der Waals surface area (Å²) in [7, 11) is 0. The number of hydrogen-bond donors (Lipinski definition) is 0. The van der Waals surface area contributed by atoms with Gasteiger partial charge in [0.2, 0.25) is 5.72 Å². The van der Waals surface area contributed by atoms with Gasteiger partial charge in [0.1, 0.15) is 5.69 Å². The molecule has 0 fully saturated rings. The predicted octanol–water partition coefficient (Wildman–Crippen LogP) is 6.78. The van der Waals surface area contributed by atoms with Crippen molar-refractivity contribution in [2.45, 2.75) is 29.4 Å². The van der Waals surface area contributed by atoms with Crippen molar-refractivity contribution in [2.75, 3.05) is 30.0 Å². The van der Waals surface area contributed by atoms with Crippen molar-refractivity contribution in [3.05, 3.63) is 65.7 Å². The molecule has 5 rings (SSSR count). The average Bonchev–Trinajstić information content (AvgIpc) is 2.99. The molecular formula is C26H26BrIN2O2. The molecule has 0 saturated carbocycles. The zero-order chi connectivity index (χ0) is 22.3. The summed E-state index contributed by atoms with van der Waals surface area (Å²) in [5.74, 6) is 0.896. The van der Waals surface area contributed by atoms with Crippen LogP contribution in [0.3, 0.4) is 0 Å². The minimum Gasteiger partial charge on any atom is -0.459 e. The SMILES string of the molecule is CC1(C)c2ccccc2N(CCOCCBr)C12C=Nc1c(c(CI)cc3ccccc13)O2. The average molecular weight is 605 g/mol. The van der Waals surface area contributed by atoms with E-state index in [0.717, 1.165) is 33.1 Å². The first-order valence-electron chi connectivity index (χ1n) is 10.9. The topological polar surface area (TPSA) is 34.1 Å². The molecule has 0 radical (unpaired) electrons. The number of benzene rings is 3. The molecule has 32 heavy (non-hydrogen) atoms. The summed E-state index contributed by atoms with van der Waals surface area (Å²) >= 11 is 5.87.